The number of carbonyl (C=O) groups excluding carboxylic acids is 2. The molecule has 16 heavy (non-hydrogen) atoms. The van der Waals surface area contributed by atoms with Crippen molar-refractivity contribution in [1.82, 2.24) is 0 Å². The van der Waals surface area contributed by atoms with Crippen LogP contribution in [0.3, 0.4) is 0 Å². The molecule has 0 aliphatic carbocycles. The van der Waals surface area contributed by atoms with E-state index in [1.54, 1.807) is 13.8 Å². The lowest BCUT2D eigenvalue weighted by Crippen LogP contribution is -2.46. The average molecular weight is 230 g/mol. The van der Waals surface area contributed by atoms with E-state index in [4.69, 9.17) is 9.47 Å². The summed E-state index contributed by atoms with van der Waals surface area (Å²) in [7, 11) is 1.33. The van der Waals surface area contributed by atoms with E-state index in [2.05, 4.69) is 0 Å². The molecule has 0 aliphatic heterocycles. The van der Waals surface area contributed by atoms with Crippen LogP contribution in [0.15, 0.2) is 5.57 Å². The first-order valence-corrected chi connectivity index (χ1v) is 5.17. The minimum absolute atomic E-state index is 0.101. The Hall–Kier alpha value is -1.16. The van der Waals surface area contributed by atoms with Gasteiger partial charge < -0.3 is 14.6 Å². The second kappa shape index (κ2) is 6.43. The Morgan fingerprint density at radius 1 is 1.50 bits per heavy atom. The van der Waals surface area contributed by atoms with Gasteiger partial charge in [0, 0.05) is 13.5 Å². The molecular formula is C11H18O5. The van der Waals surface area contributed by atoms with E-state index >= 15 is 0 Å². The first kappa shape index (κ1) is 14.8. The SMILES string of the molecule is CCC(=C=O)C(=O)OC(CC)(OC)C(C)O. The fraction of sp³-hybridized carbons (Fsp3) is 0.727. The topological polar surface area (TPSA) is 72.8 Å². The molecule has 5 nitrogen and oxygen atoms in total. The van der Waals surface area contributed by atoms with Crippen LogP contribution in [0, 0.1) is 0 Å². The summed E-state index contributed by atoms with van der Waals surface area (Å²) in [6.07, 6.45) is -0.481. The number of ether oxygens (including phenoxy) is 2. The molecule has 0 aromatic heterocycles. The number of carbonyl (C=O) groups is 1. The molecule has 0 saturated carbocycles. The second-order valence-corrected chi connectivity index (χ2v) is 3.37. The number of aliphatic hydroxyl groups excluding tert-OH is 1. The minimum Gasteiger partial charge on any atom is -0.426 e. The zero-order chi connectivity index (χ0) is 12.8. The number of esters is 1. The molecule has 0 fully saturated rings. The Morgan fingerprint density at radius 2 is 2.06 bits per heavy atom. The van der Waals surface area contributed by atoms with Crippen LogP contribution in [0.1, 0.15) is 33.6 Å². The van der Waals surface area contributed by atoms with Gasteiger partial charge in [-0.05, 0) is 13.3 Å². The van der Waals surface area contributed by atoms with Gasteiger partial charge in [-0.15, -0.1) is 0 Å². The van der Waals surface area contributed by atoms with Gasteiger partial charge in [-0.2, -0.15) is 0 Å². The molecule has 0 aliphatic rings. The van der Waals surface area contributed by atoms with Gasteiger partial charge >= 0.3 is 5.97 Å². The molecule has 5 heteroatoms. The number of hydrogen-bond acceptors (Lipinski definition) is 5. The van der Waals surface area contributed by atoms with Crippen LogP contribution in [0.5, 0.6) is 0 Å². The summed E-state index contributed by atoms with van der Waals surface area (Å²) < 4.78 is 10.1. The van der Waals surface area contributed by atoms with Crippen LogP contribution in [-0.4, -0.2) is 36.0 Å². The molecule has 0 heterocycles. The lowest BCUT2D eigenvalue weighted by Gasteiger charge is -2.33. The Labute approximate surface area is 95.0 Å². The van der Waals surface area contributed by atoms with Crippen LogP contribution in [0.2, 0.25) is 0 Å². The van der Waals surface area contributed by atoms with Gasteiger partial charge in [0.05, 0.1) is 0 Å². The molecule has 0 aromatic rings. The summed E-state index contributed by atoms with van der Waals surface area (Å²) in [6.45, 7) is 4.81. The monoisotopic (exact) mass is 230 g/mol. The van der Waals surface area contributed by atoms with Crippen LogP contribution < -0.4 is 0 Å². The Balaban J connectivity index is 4.91. The van der Waals surface area contributed by atoms with E-state index in [-0.39, 0.29) is 18.4 Å². The average Bonchev–Trinajstić information content (AvgIpc) is 2.27. The van der Waals surface area contributed by atoms with E-state index < -0.39 is 17.9 Å². The maximum atomic E-state index is 11.5. The van der Waals surface area contributed by atoms with E-state index in [0.29, 0.717) is 0 Å². The quantitative estimate of drug-likeness (QED) is 0.317. The summed E-state index contributed by atoms with van der Waals surface area (Å²) in [4.78, 5) is 22.0. The Morgan fingerprint density at radius 3 is 2.31 bits per heavy atom. The molecule has 0 rings (SSSR count). The summed E-state index contributed by atoms with van der Waals surface area (Å²) >= 11 is 0. The van der Waals surface area contributed by atoms with Crippen molar-refractivity contribution in [2.24, 2.45) is 0 Å². The third kappa shape index (κ3) is 3.17. The minimum atomic E-state index is -1.41. The van der Waals surface area contributed by atoms with Gasteiger partial charge in [0.2, 0.25) is 5.79 Å². The predicted molar refractivity (Wildman–Crippen MR) is 57.3 cm³/mol. The second-order valence-electron chi connectivity index (χ2n) is 3.37. The van der Waals surface area contributed by atoms with E-state index in [1.165, 1.54) is 20.0 Å². The Bertz CT molecular complexity index is 285. The van der Waals surface area contributed by atoms with Gasteiger partial charge in [-0.3, -0.25) is 0 Å². The number of hydrogen-bond donors (Lipinski definition) is 1. The number of methoxy groups -OCH3 is 1. The van der Waals surface area contributed by atoms with Crippen LogP contribution in [0.4, 0.5) is 0 Å². The normalized spacial score (nSPS) is 15.8. The van der Waals surface area contributed by atoms with Crippen LogP contribution >= 0.6 is 0 Å². The molecule has 0 saturated heterocycles. The summed E-state index contributed by atoms with van der Waals surface area (Å²) in [5, 5.41) is 9.53. The highest BCUT2D eigenvalue weighted by Crippen LogP contribution is 2.23. The molecule has 0 radical (unpaired) electrons. The highest BCUT2D eigenvalue weighted by atomic mass is 16.7. The first-order valence-electron chi connectivity index (χ1n) is 5.17. The predicted octanol–water partition coefficient (Wildman–Crippen LogP) is 0.831. The van der Waals surface area contributed by atoms with Gasteiger partial charge in [0.25, 0.3) is 0 Å². The molecule has 2 unspecified atom stereocenters. The molecule has 0 aromatic carbocycles. The lowest BCUT2D eigenvalue weighted by molar-refractivity contribution is -0.255. The molecule has 1 N–H and O–H groups in total. The third-order valence-electron chi connectivity index (χ3n) is 2.46. The third-order valence-corrected chi connectivity index (χ3v) is 2.46. The Kier molecular flexibility index (Phi) is 5.96. The smallest absolute Gasteiger partial charge is 0.347 e. The van der Waals surface area contributed by atoms with E-state index in [0.717, 1.165) is 0 Å². The van der Waals surface area contributed by atoms with Gasteiger partial charge in [-0.1, -0.05) is 13.8 Å². The van der Waals surface area contributed by atoms with Crippen molar-refractivity contribution in [3.63, 3.8) is 0 Å². The van der Waals surface area contributed by atoms with Crippen molar-refractivity contribution < 1.29 is 24.2 Å². The fourth-order valence-electron chi connectivity index (χ4n) is 1.29. The summed E-state index contributed by atoms with van der Waals surface area (Å²) in [5.74, 6) is -0.696. The maximum absolute atomic E-state index is 11.5. The molecule has 0 bridgehead atoms. The van der Waals surface area contributed by atoms with Crippen molar-refractivity contribution in [1.29, 1.82) is 0 Å². The van der Waals surface area contributed by atoms with Gasteiger partial charge in [0.1, 0.15) is 17.6 Å². The van der Waals surface area contributed by atoms with Crippen molar-refractivity contribution in [2.45, 2.75) is 45.5 Å². The molecule has 0 amide bonds. The summed E-state index contributed by atoms with van der Waals surface area (Å²) in [5.41, 5.74) is -0.101. The van der Waals surface area contributed by atoms with Crippen molar-refractivity contribution in [3.05, 3.63) is 5.57 Å². The van der Waals surface area contributed by atoms with Gasteiger partial charge in [-0.25, -0.2) is 9.59 Å². The molecule has 92 valence electrons. The molecule has 0 spiro atoms. The molecular weight excluding hydrogens is 212 g/mol. The van der Waals surface area contributed by atoms with E-state index in [1.807, 2.05) is 0 Å². The largest absolute Gasteiger partial charge is 0.426 e. The maximum Gasteiger partial charge on any atom is 0.347 e. The molecule has 2 atom stereocenters. The fourth-order valence-corrected chi connectivity index (χ4v) is 1.29. The van der Waals surface area contributed by atoms with Crippen molar-refractivity contribution in [3.8, 4) is 0 Å². The highest BCUT2D eigenvalue weighted by Gasteiger charge is 2.38. The van der Waals surface area contributed by atoms with Crippen molar-refractivity contribution >= 4 is 11.9 Å². The van der Waals surface area contributed by atoms with Crippen LogP contribution in [0.25, 0.3) is 0 Å². The zero-order valence-electron chi connectivity index (χ0n) is 10.1. The number of aliphatic hydroxyl groups is 1. The van der Waals surface area contributed by atoms with Crippen molar-refractivity contribution in [2.75, 3.05) is 7.11 Å². The van der Waals surface area contributed by atoms with Crippen LogP contribution in [-0.2, 0) is 19.1 Å². The van der Waals surface area contributed by atoms with E-state index in [9.17, 15) is 14.7 Å². The highest BCUT2D eigenvalue weighted by molar-refractivity contribution is 5.96. The first-order chi connectivity index (χ1) is 7.47. The zero-order valence-corrected chi connectivity index (χ0v) is 10.1. The summed E-state index contributed by atoms with van der Waals surface area (Å²) in [6, 6.07) is 0. The number of rotatable bonds is 6. The van der Waals surface area contributed by atoms with Gasteiger partial charge in [0.15, 0.2) is 0 Å². The standard InChI is InChI=1S/C11H18O5/c1-5-9(7-12)10(14)16-11(6-2,15-4)8(3)13/h8,13H,5-6H2,1-4H3. The lowest BCUT2D eigenvalue weighted by atomic mass is 10.1.